The van der Waals surface area contributed by atoms with Crippen molar-refractivity contribution < 1.29 is 12.6 Å². The number of nitrogens with zero attached hydrogens (tertiary/aromatic N) is 1. The van der Waals surface area contributed by atoms with Crippen molar-refractivity contribution in [2.24, 2.45) is 0 Å². The second kappa shape index (κ2) is 6.10. The van der Waals surface area contributed by atoms with Gasteiger partial charge < -0.3 is 4.42 Å². The van der Waals surface area contributed by atoms with E-state index in [-0.39, 0.29) is 11.1 Å². The summed E-state index contributed by atoms with van der Waals surface area (Å²) < 4.78 is 53.0. The predicted octanol–water partition coefficient (Wildman–Crippen LogP) is 6.93. The molecule has 3 aromatic carbocycles. The summed E-state index contributed by atoms with van der Waals surface area (Å²) in [5, 5.41) is 1.81. The number of aromatic nitrogens is 1. The molecule has 0 aliphatic rings. The van der Waals surface area contributed by atoms with E-state index in [0.29, 0.717) is 16.8 Å². The summed E-state index contributed by atoms with van der Waals surface area (Å²) in [6, 6.07) is 22.8. The molecule has 2 heterocycles. The Morgan fingerprint density at radius 2 is 1.44 bits per heavy atom. The lowest BCUT2D eigenvalue weighted by Gasteiger charge is -2.05. The molecule has 0 bridgehead atoms. The van der Waals surface area contributed by atoms with Gasteiger partial charge in [-0.1, -0.05) is 60.7 Å². The summed E-state index contributed by atoms with van der Waals surface area (Å²) in [6.07, 6.45) is 1.14. The number of aryl methyl sites for hydroxylation is 2. The molecule has 130 valence electrons. The van der Waals surface area contributed by atoms with Crippen LogP contribution >= 0.6 is 0 Å². The Morgan fingerprint density at radius 3 is 2.19 bits per heavy atom. The van der Waals surface area contributed by atoms with Crippen LogP contribution in [0.3, 0.4) is 0 Å². The first-order valence-corrected chi connectivity index (χ1v) is 8.65. The van der Waals surface area contributed by atoms with Crippen molar-refractivity contribution >= 4 is 21.9 Å². The van der Waals surface area contributed by atoms with Crippen LogP contribution in [0.5, 0.6) is 0 Å². The second-order valence-electron chi connectivity index (χ2n) is 6.45. The van der Waals surface area contributed by atoms with Gasteiger partial charge in [0, 0.05) is 36.3 Å². The molecule has 0 aliphatic heterocycles. The highest BCUT2D eigenvalue weighted by Crippen LogP contribution is 2.39. The third kappa shape index (κ3) is 2.53. The molecule has 0 unspecified atom stereocenters. The lowest BCUT2D eigenvalue weighted by atomic mass is 10.0. The fraction of sp³-hybridized carbons (Fsp3) is 0.0800. The smallest absolute Gasteiger partial charge is 0.144 e. The Balaban J connectivity index is 1.77. The minimum atomic E-state index is -2.59. The van der Waals surface area contributed by atoms with Crippen LogP contribution in [-0.2, 0) is 0 Å². The molecule has 2 nitrogen and oxygen atoms in total. The zero-order valence-electron chi connectivity index (χ0n) is 20.4. The van der Waals surface area contributed by atoms with Crippen LogP contribution in [0.1, 0.15) is 19.4 Å². The molecule has 0 spiro atoms. The number of benzene rings is 3. The number of fused-ring (bicyclic) bond motifs is 3. The molecular weight excluding hydrogens is 330 g/mol. The van der Waals surface area contributed by atoms with Crippen molar-refractivity contribution in [2.45, 2.75) is 13.7 Å². The maximum absolute atomic E-state index is 7.86. The highest BCUT2D eigenvalue weighted by molar-refractivity contribution is 6.12. The molecule has 5 rings (SSSR count). The van der Waals surface area contributed by atoms with Gasteiger partial charge in [-0.25, -0.2) is 0 Å². The van der Waals surface area contributed by atoms with E-state index in [9.17, 15) is 0 Å². The van der Waals surface area contributed by atoms with Crippen molar-refractivity contribution in [3.8, 4) is 22.4 Å². The first kappa shape index (κ1) is 10.7. The zero-order valence-corrected chi connectivity index (χ0v) is 14.4. The standard InChI is InChI=1S/C25H19NO/c1-16-14-23(26-15-17(16)2)22-13-7-12-21-20-11-6-10-19(24(20)27-25(21)22)18-8-4-3-5-9-18/h3-15H,1-2H3/i1D3,2D3. The topological polar surface area (TPSA) is 26.0 Å². The number of rotatable bonds is 2. The number of hydrogen-bond acceptors (Lipinski definition) is 2. The third-order valence-corrected chi connectivity index (χ3v) is 4.79. The van der Waals surface area contributed by atoms with Gasteiger partial charge in [-0.15, -0.1) is 0 Å². The molecule has 0 aliphatic carbocycles. The molecule has 0 amide bonds. The van der Waals surface area contributed by atoms with Gasteiger partial charge in [0.25, 0.3) is 0 Å². The average molecular weight is 355 g/mol. The molecular formula is C25H19NO. The Labute approximate surface area is 166 Å². The van der Waals surface area contributed by atoms with E-state index in [2.05, 4.69) is 4.98 Å². The van der Waals surface area contributed by atoms with Crippen LogP contribution in [0.4, 0.5) is 0 Å². The third-order valence-electron chi connectivity index (χ3n) is 4.79. The van der Waals surface area contributed by atoms with Crippen molar-refractivity contribution in [2.75, 3.05) is 0 Å². The summed E-state index contributed by atoms with van der Waals surface area (Å²) in [5.41, 5.74) is 3.71. The molecule has 0 N–H and O–H groups in total. The Hall–Kier alpha value is -3.39. The van der Waals surface area contributed by atoms with Gasteiger partial charge in [0.05, 0.1) is 5.69 Å². The summed E-state index contributed by atoms with van der Waals surface area (Å²) >= 11 is 0. The minimum Gasteiger partial charge on any atom is -0.455 e. The number of pyridine rings is 1. The fourth-order valence-electron chi connectivity index (χ4n) is 3.47. The summed E-state index contributed by atoms with van der Waals surface area (Å²) in [4.78, 5) is 4.32. The van der Waals surface area contributed by atoms with Gasteiger partial charge in [0.2, 0.25) is 0 Å². The van der Waals surface area contributed by atoms with Crippen molar-refractivity contribution in [1.29, 1.82) is 0 Å². The monoisotopic (exact) mass is 355 g/mol. The molecule has 2 aromatic heterocycles. The van der Waals surface area contributed by atoms with E-state index >= 15 is 0 Å². The Kier molecular flexibility index (Phi) is 2.41. The van der Waals surface area contributed by atoms with Crippen LogP contribution in [0.2, 0.25) is 0 Å². The lowest BCUT2D eigenvalue weighted by molar-refractivity contribution is 0.671. The maximum Gasteiger partial charge on any atom is 0.144 e. The van der Waals surface area contributed by atoms with E-state index in [0.717, 1.165) is 33.7 Å². The van der Waals surface area contributed by atoms with E-state index in [1.165, 1.54) is 6.07 Å². The van der Waals surface area contributed by atoms with Crippen LogP contribution in [0.15, 0.2) is 83.4 Å². The molecule has 0 fully saturated rings. The highest BCUT2D eigenvalue weighted by Gasteiger charge is 2.16. The fourth-order valence-corrected chi connectivity index (χ4v) is 3.47. The lowest BCUT2D eigenvalue weighted by Crippen LogP contribution is -1.88. The summed E-state index contributed by atoms with van der Waals surface area (Å²) in [6.45, 7) is -5.17. The normalized spacial score (nSPS) is 15.6. The highest BCUT2D eigenvalue weighted by atomic mass is 16.3. The van der Waals surface area contributed by atoms with Crippen LogP contribution in [0.25, 0.3) is 44.3 Å². The predicted molar refractivity (Wildman–Crippen MR) is 112 cm³/mol. The minimum absolute atomic E-state index is 0.231. The molecule has 0 atom stereocenters. The van der Waals surface area contributed by atoms with Gasteiger partial charge in [-0.2, -0.15) is 0 Å². The average Bonchev–Trinajstić information content (AvgIpc) is 3.17. The summed E-state index contributed by atoms with van der Waals surface area (Å²) in [5.74, 6) is 0. The molecule has 0 saturated carbocycles. The van der Waals surface area contributed by atoms with Crippen LogP contribution in [0, 0.1) is 13.7 Å². The first-order chi connectivity index (χ1) is 15.6. The van der Waals surface area contributed by atoms with E-state index in [1.54, 1.807) is 6.07 Å². The van der Waals surface area contributed by atoms with Crippen molar-refractivity contribution in [1.82, 2.24) is 4.98 Å². The van der Waals surface area contributed by atoms with E-state index in [1.807, 2.05) is 60.7 Å². The SMILES string of the molecule is [2H]C([2H])([2H])c1cnc(-c2cccc3c2oc2c(-c4ccccc4)cccc23)cc1C([2H])([2H])[2H]. The quantitative estimate of drug-likeness (QED) is 0.343. The van der Waals surface area contributed by atoms with E-state index < -0.39 is 13.7 Å². The largest absolute Gasteiger partial charge is 0.455 e. The molecule has 2 heteroatoms. The van der Waals surface area contributed by atoms with Gasteiger partial charge in [0.1, 0.15) is 11.2 Å². The van der Waals surface area contributed by atoms with Crippen LogP contribution in [-0.4, -0.2) is 4.98 Å². The molecule has 0 saturated heterocycles. The van der Waals surface area contributed by atoms with Crippen molar-refractivity contribution in [3.63, 3.8) is 0 Å². The van der Waals surface area contributed by atoms with Gasteiger partial charge in [-0.05, 0) is 42.5 Å². The molecule has 5 aromatic rings. The first-order valence-electron chi connectivity index (χ1n) is 11.7. The van der Waals surface area contributed by atoms with Gasteiger partial charge in [0.15, 0.2) is 0 Å². The zero-order chi connectivity index (χ0) is 23.4. The Bertz CT molecular complexity index is 1480. The van der Waals surface area contributed by atoms with Gasteiger partial charge >= 0.3 is 0 Å². The van der Waals surface area contributed by atoms with E-state index in [4.69, 9.17) is 12.6 Å². The summed E-state index contributed by atoms with van der Waals surface area (Å²) in [7, 11) is 0. The second-order valence-corrected chi connectivity index (χ2v) is 6.45. The Morgan fingerprint density at radius 1 is 0.741 bits per heavy atom. The maximum atomic E-state index is 7.86. The van der Waals surface area contributed by atoms with Crippen LogP contribution < -0.4 is 0 Å². The number of hydrogen-bond donors (Lipinski definition) is 0. The number of furan rings is 1. The van der Waals surface area contributed by atoms with Gasteiger partial charge in [-0.3, -0.25) is 4.98 Å². The number of para-hydroxylation sites is 2. The molecule has 27 heavy (non-hydrogen) atoms. The molecule has 0 radical (unpaired) electrons. The van der Waals surface area contributed by atoms with Crippen molar-refractivity contribution in [3.05, 3.63) is 90.1 Å².